The highest BCUT2D eigenvalue weighted by Crippen LogP contribution is 2.47. The average molecular weight is 673 g/mol. The fraction of sp³-hybridized carbons (Fsp3) is 0.436. The van der Waals surface area contributed by atoms with E-state index < -0.39 is 15.9 Å². The van der Waals surface area contributed by atoms with Crippen LogP contribution in [0.2, 0.25) is 0 Å². The molecule has 0 radical (unpaired) electrons. The molecule has 3 aromatic carbocycles. The smallest absolute Gasteiger partial charge is 0.292 e. The van der Waals surface area contributed by atoms with Crippen molar-refractivity contribution in [3.05, 3.63) is 92.3 Å². The van der Waals surface area contributed by atoms with Crippen molar-refractivity contribution in [3.63, 3.8) is 0 Å². The van der Waals surface area contributed by atoms with Crippen LogP contribution in [-0.2, 0) is 26.1 Å². The van der Waals surface area contributed by atoms with Crippen molar-refractivity contribution in [2.45, 2.75) is 72.6 Å². The Morgan fingerprint density at radius 1 is 1.00 bits per heavy atom. The van der Waals surface area contributed by atoms with E-state index in [9.17, 15) is 17.8 Å². The number of hydrogen-bond acceptors (Lipinski definition) is 7. The molecule has 2 unspecified atom stereocenters. The molecular weight excluding hydrogens is 626 g/mol. The van der Waals surface area contributed by atoms with Crippen molar-refractivity contribution in [3.8, 4) is 11.5 Å². The zero-order valence-corrected chi connectivity index (χ0v) is 30.0. The fourth-order valence-electron chi connectivity index (χ4n) is 7.88. The van der Waals surface area contributed by atoms with E-state index in [0.717, 1.165) is 52.7 Å². The molecule has 6 rings (SSSR count). The van der Waals surface area contributed by atoms with Gasteiger partial charge in [-0.25, -0.2) is 8.42 Å². The lowest BCUT2D eigenvalue weighted by atomic mass is 9.69. The highest BCUT2D eigenvalue weighted by Gasteiger charge is 2.34. The quantitative estimate of drug-likeness (QED) is 0.187. The van der Waals surface area contributed by atoms with Gasteiger partial charge in [0, 0.05) is 35.5 Å². The van der Waals surface area contributed by atoms with Crippen LogP contribution >= 0.6 is 0 Å². The van der Waals surface area contributed by atoms with Gasteiger partial charge < -0.3 is 18.9 Å². The van der Waals surface area contributed by atoms with Gasteiger partial charge in [-0.2, -0.15) is 0 Å². The van der Waals surface area contributed by atoms with Gasteiger partial charge in [-0.05, 0) is 99.7 Å². The third-order valence-corrected chi connectivity index (χ3v) is 10.4. The lowest BCUT2D eigenvalue weighted by Gasteiger charge is -2.37. The normalized spacial score (nSPS) is 19.8. The summed E-state index contributed by atoms with van der Waals surface area (Å²) in [5.74, 6) is 1.31. The largest absolute Gasteiger partial charge is 0.748 e. The van der Waals surface area contributed by atoms with Crippen LogP contribution in [0.25, 0.3) is 11.6 Å². The van der Waals surface area contributed by atoms with Crippen molar-refractivity contribution in [2.75, 3.05) is 26.5 Å². The van der Waals surface area contributed by atoms with Gasteiger partial charge in [0.15, 0.2) is 0 Å². The topological polar surface area (TPSA) is 113 Å². The van der Waals surface area contributed by atoms with E-state index in [1.165, 1.54) is 41.0 Å². The van der Waals surface area contributed by atoms with E-state index in [1.54, 1.807) is 6.07 Å². The number of amides is 1. The first-order chi connectivity index (χ1) is 22.4. The number of hydrogen-bond donors (Lipinski definition) is 0. The van der Waals surface area contributed by atoms with Crippen LogP contribution in [0.1, 0.15) is 104 Å². The summed E-state index contributed by atoms with van der Waals surface area (Å²) in [6.07, 6.45) is 5.44. The van der Waals surface area contributed by atoms with Gasteiger partial charge in [0.1, 0.15) is 11.5 Å². The molecule has 0 N–H and O–H groups in total. The first-order valence-electron chi connectivity index (χ1n) is 16.4. The molecule has 2 atom stereocenters. The van der Waals surface area contributed by atoms with Gasteiger partial charge in [0.25, 0.3) is 12.4 Å². The van der Waals surface area contributed by atoms with Crippen molar-refractivity contribution < 1.29 is 32.0 Å². The number of benzene rings is 3. The Balaban J connectivity index is 0.00000107. The summed E-state index contributed by atoms with van der Waals surface area (Å²) in [4.78, 5) is 24.1. The Morgan fingerprint density at radius 3 is 2.33 bits per heavy atom. The van der Waals surface area contributed by atoms with Crippen LogP contribution in [0.3, 0.4) is 0 Å². The summed E-state index contributed by atoms with van der Waals surface area (Å²) >= 11 is 0. The van der Waals surface area contributed by atoms with Crippen LogP contribution < -0.4 is 15.2 Å². The van der Waals surface area contributed by atoms with Crippen LogP contribution in [0.4, 0.5) is 0 Å². The monoisotopic (exact) mass is 672 g/mol. The van der Waals surface area contributed by atoms with E-state index >= 15 is 0 Å². The van der Waals surface area contributed by atoms with Gasteiger partial charge in [-0.15, -0.1) is 0 Å². The van der Waals surface area contributed by atoms with Gasteiger partial charge in [0.2, 0.25) is 0 Å². The zero-order valence-electron chi connectivity index (χ0n) is 29.2. The number of carbonyl (C=O) groups excluding carboxylic acids is 2. The minimum Gasteiger partial charge on any atom is -0.748 e. The van der Waals surface area contributed by atoms with Gasteiger partial charge in [-0.3, -0.25) is 9.59 Å². The number of methoxy groups -OCH3 is 1. The maximum atomic E-state index is 13.8. The molecule has 0 saturated carbocycles. The predicted molar refractivity (Wildman–Crippen MR) is 187 cm³/mol. The third-order valence-electron chi connectivity index (χ3n) is 9.70. The van der Waals surface area contributed by atoms with Crippen molar-refractivity contribution in [1.82, 2.24) is 4.90 Å². The van der Waals surface area contributed by atoms with Crippen molar-refractivity contribution >= 4 is 34.1 Å². The van der Waals surface area contributed by atoms with Gasteiger partial charge in [-0.1, -0.05) is 65.8 Å². The summed E-state index contributed by atoms with van der Waals surface area (Å²) < 4.78 is 44.6. The Kier molecular flexibility index (Phi) is 9.70. The second-order valence-electron chi connectivity index (χ2n) is 15.1. The molecule has 0 saturated heterocycles. The Hall–Kier alpha value is -3.95. The third kappa shape index (κ3) is 7.37. The average Bonchev–Trinajstić information content (AvgIpc) is 2.99. The SMILES string of the molecule is CC1CC(C)(C)Cc2cc3c(cc21)C(c1ccccc1C(=O)N(C)CCS(=O)(=O)[O-])=c1cc2c(cc1O3)=CC(C)(C)CC2C.COC=O. The summed E-state index contributed by atoms with van der Waals surface area (Å²) in [6, 6.07) is 16.4. The highest BCUT2D eigenvalue weighted by molar-refractivity contribution is 7.85. The lowest BCUT2D eigenvalue weighted by Crippen LogP contribution is -2.33. The maximum Gasteiger partial charge on any atom is 0.292 e. The minimum atomic E-state index is -4.46. The number of rotatable bonds is 6. The van der Waals surface area contributed by atoms with Gasteiger partial charge >= 0.3 is 0 Å². The molecule has 1 amide bonds. The first kappa shape index (κ1) is 35.4. The Morgan fingerprint density at radius 2 is 1.67 bits per heavy atom. The first-order valence-corrected chi connectivity index (χ1v) is 18.0. The van der Waals surface area contributed by atoms with Crippen LogP contribution in [0, 0.1) is 10.8 Å². The standard InChI is InChI=1S/C37H43NO5S.C2H4O2/c1-22-18-36(3,4)20-24-14-32-30(16-28(22)24)34(26-10-8-9-11-27(26)35(39)38(7)12-13-44(40,41)42)31-17-29-23(2)19-37(5,6)21-25(29)15-33(31)43-32;1-4-2-3/h8-11,14-17,20,22-23H,12-13,18-19,21H2,1-7H3,(H,40,41,42);2H,1H3/p-1. The number of ether oxygens (including phenoxy) is 2. The molecule has 0 aromatic heterocycles. The molecule has 0 fully saturated rings. The Bertz CT molecular complexity index is 1990. The second kappa shape index (κ2) is 13.2. The molecule has 0 bridgehead atoms. The fourth-order valence-corrected chi connectivity index (χ4v) is 8.37. The van der Waals surface area contributed by atoms with Crippen LogP contribution in [0.15, 0.2) is 48.5 Å². The van der Waals surface area contributed by atoms with Crippen LogP contribution in [0.5, 0.6) is 11.5 Å². The lowest BCUT2D eigenvalue weighted by molar-refractivity contribution is -0.126. The van der Waals surface area contributed by atoms with Crippen molar-refractivity contribution in [2.24, 2.45) is 10.8 Å². The zero-order chi connectivity index (χ0) is 35.2. The number of carbonyl (C=O) groups is 2. The summed E-state index contributed by atoms with van der Waals surface area (Å²) in [5.41, 5.74) is 7.26. The van der Waals surface area contributed by atoms with Gasteiger partial charge in [0.05, 0.1) is 23.0 Å². The number of fused-ring (bicyclic) bond motifs is 4. The molecule has 1 aliphatic heterocycles. The predicted octanol–water partition coefficient (Wildman–Crippen LogP) is 5.84. The molecule has 48 heavy (non-hydrogen) atoms. The molecular formula is C39H46NO7S-. The second-order valence-corrected chi connectivity index (χ2v) is 16.6. The van der Waals surface area contributed by atoms with E-state index in [4.69, 9.17) is 9.53 Å². The molecule has 8 nitrogen and oxygen atoms in total. The Labute approximate surface area is 284 Å². The highest BCUT2D eigenvalue weighted by atomic mass is 32.2. The molecule has 256 valence electrons. The minimum absolute atomic E-state index is 0.0712. The maximum absolute atomic E-state index is 13.8. The number of nitrogens with zero attached hydrogens (tertiary/aromatic N) is 1. The molecule has 2 aliphatic carbocycles. The van der Waals surface area contributed by atoms with Crippen molar-refractivity contribution in [1.29, 1.82) is 0 Å². The molecule has 3 aromatic rings. The van der Waals surface area contributed by atoms with E-state index in [-0.39, 0.29) is 23.3 Å². The summed E-state index contributed by atoms with van der Waals surface area (Å²) in [5, 5.41) is 2.14. The van der Waals surface area contributed by atoms with E-state index in [2.05, 4.69) is 76.6 Å². The molecule has 9 heteroatoms. The summed E-state index contributed by atoms with van der Waals surface area (Å²) in [6.45, 7) is 13.9. The molecule has 0 spiro atoms. The summed E-state index contributed by atoms with van der Waals surface area (Å²) in [7, 11) is -1.61. The van der Waals surface area contributed by atoms with E-state index in [1.807, 2.05) is 18.2 Å². The molecule has 3 aliphatic rings. The van der Waals surface area contributed by atoms with E-state index in [0.29, 0.717) is 23.9 Å². The molecule has 1 heterocycles. The van der Waals surface area contributed by atoms with Crippen LogP contribution in [-0.4, -0.2) is 56.7 Å².